The zero-order chi connectivity index (χ0) is 34.3. The smallest absolute Gasteiger partial charge is 0.237 e. The summed E-state index contributed by atoms with van der Waals surface area (Å²) < 4.78 is 0. The molecule has 4 amide bonds. The van der Waals surface area contributed by atoms with Crippen molar-refractivity contribution >= 4 is 23.6 Å². The number of hydrogen-bond acceptors (Lipinski definition) is 6. The number of aliphatic hydroxyl groups is 1. The maximum Gasteiger partial charge on any atom is 0.237 e. The third-order valence-corrected chi connectivity index (χ3v) is 10.8. The number of hydrogen-bond donors (Lipinski definition) is 3. The first-order valence-corrected chi connectivity index (χ1v) is 19.1. The van der Waals surface area contributed by atoms with E-state index in [9.17, 15) is 24.3 Å². The van der Waals surface area contributed by atoms with E-state index in [0.717, 1.165) is 70.6 Å². The topological polar surface area (TPSA) is 122 Å². The van der Waals surface area contributed by atoms with Crippen molar-refractivity contribution in [2.45, 2.75) is 142 Å². The third-order valence-electron chi connectivity index (χ3n) is 10.8. The molecule has 3 rings (SSSR count). The van der Waals surface area contributed by atoms with Crippen LogP contribution in [0.2, 0.25) is 0 Å². The summed E-state index contributed by atoms with van der Waals surface area (Å²) in [5.74, 6) is -0.975. The van der Waals surface area contributed by atoms with E-state index >= 15 is 0 Å². The van der Waals surface area contributed by atoms with Gasteiger partial charge in [-0.05, 0) is 63.7 Å². The molecule has 0 saturated heterocycles. The van der Waals surface area contributed by atoms with Crippen molar-refractivity contribution in [2.24, 2.45) is 29.6 Å². The van der Waals surface area contributed by atoms with E-state index in [1.807, 2.05) is 9.91 Å². The van der Waals surface area contributed by atoms with E-state index in [4.69, 9.17) is 0 Å². The maximum absolute atomic E-state index is 14.1. The molecule has 10 nitrogen and oxygen atoms in total. The summed E-state index contributed by atoms with van der Waals surface area (Å²) in [7, 11) is 3.46. The Bertz CT molecular complexity index is 974. The molecule has 0 bridgehead atoms. The molecule has 0 heterocycles. The van der Waals surface area contributed by atoms with Crippen LogP contribution in [0.25, 0.3) is 0 Å². The van der Waals surface area contributed by atoms with Crippen LogP contribution in [-0.2, 0) is 19.2 Å². The van der Waals surface area contributed by atoms with Gasteiger partial charge in [0.15, 0.2) is 0 Å². The molecule has 3 N–H and O–H groups in total. The minimum absolute atomic E-state index is 0.0170. The molecule has 270 valence electrons. The monoisotopic (exact) mass is 662 g/mol. The summed E-state index contributed by atoms with van der Waals surface area (Å²) in [5, 5.41) is 16.8. The van der Waals surface area contributed by atoms with Gasteiger partial charge < -0.3 is 20.2 Å². The van der Waals surface area contributed by atoms with Gasteiger partial charge in [-0.3, -0.25) is 24.6 Å². The van der Waals surface area contributed by atoms with E-state index in [2.05, 4.69) is 31.5 Å². The maximum atomic E-state index is 14.1. The minimum Gasteiger partial charge on any atom is -0.390 e. The molecular weight excluding hydrogens is 594 g/mol. The van der Waals surface area contributed by atoms with Crippen LogP contribution in [0.1, 0.15) is 130 Å². The van der Waals surface area contributed by atoms with Crippen molar-refractivity contribution in [2.75, 3.05) is 40.3 Å². The predicted molar refractivity (Wildman–Crippen MR) is 186 cm³/mol. The highest BCUT2D eigenvalue weighted by Crippen LogP contribution is 2.36. The summed E-state index contributed by atoms with van der Waals surface area (Å²) in [4.78, 5) is 57.7. The van der Waals surface area contributed by atoms with Crippen LogP contribution >= 0.6 is 0 Å². The van der Waals surface area contributed by atoms with Crippen molar-refractivity contribution in [1.82, 2.24) is 25.6 Å². The van der Waals surface area contributed by atoms with Gasteiger partial charge in [-0.25, -0.2) is 5.01 Å². The number of carbonyl (C=O) groups excluding carboxylic acids is 4. The first kappa shape index (κ1) is 39.2. The van der Waals surface area contributed by atoms with Gasteiger partial charge in [-0.15, -0.1) is 0 Å². The highest BCUT2D eigenvalue weighted by Gasteiger charge is 2.41. The fourth-order valence-corrected chi connectivity index (χ4v) is 8.25. The van der Waals surface area contributed by atoms with Crippen molar-refractivity contribution in [3.05, 3.63) is 0 Å². The molecular formula is C37H67N5O5. The van der Waals surface area contributed by atoms with Gasteiger partial charge in [0.2, 0.25) is 23.6 Å². The molecule has 3 fully saturated rings. The van der Waals surface area contributed by atoms with Crippen LogP contribution in [-0.4, -0.2) is 96.0 Å². The summed E-state index contributed by atoms with van der Waals surface area (Å²) in [5.41, 5.74) is 3.11. The lowest BCUT2D eigenvalue weighted by Crippen LogP contribution is -2.55. The van der Waals surface area contributed by atoms with Crippen molar-refractivity contribution in [3.8, 4) is 0 Å². The molecule has 3 aliphatic rings. The van der Waals surface area contributed by atoms with Crippen LogP contribution in [0.5, 0.6) is 0 Å². The minimum atomic E-state index is -0.871. The average molecular weight is 662 g/mol. The molecule has 0 aromatic rings. The number of amides is 4. The molecule has 5 atom stereocenters. The van der Waals surface area contributed by atoms with Crippen LogP contribution in [0.4, 0.5) is 0 Å². The summed E-state index contributed by atoms with van der Waals surface area (Å²) in [6.45, 7) is 8.38. The summed E-state index contributed by atoms with van der Waals surface area (Å²) >= 11 is 0. The molecule has 10 heteroatoms. The quantitative estimate of drug-likeness (QED) is 0.191. The molecule has 3 aliphatic carbocycles. The molecule has 5 unspecified atom stereocenters. The first-order chi connectivity index (χ1) is 22.6. The van der Waals surface area contributed by atoms with Crippen molar-refractivity contribution in [3.63, 3.8) is 0 Å². The average Bonchev–Trinajstić information content (AvgIpc) is 3.07. The number of nitrogens with zero attached hydrogens (tertiary/aromatic N) is 3. The van der Waals surface area contributed by atoms with Crippen LogP contribution in [0.15, 0.2) is 0 Å². The molecule has 0 aliphatic heterocycles. The Hall–Kier alpha value is -2.20. The number of hydrazine groups is 1. The Morgan fingerprint density at radius 3 is 1.77 bits per heavy atom. The van der Waals surface area contributed by atoms with Gasteiger partial charge in [0.1, 0.15) is 0 Å². The second-order valence-corrected chi connectivity index (χ2v) is 15.0. The van der Waals surface area contributed by atoms with Gasteiger partial charge in [-0.1, -0.05) is 72.1 Å². The summed E-state index contributed by atoms with van der Waals surface area (Å²) in [6.07, 6.45) is 14.5. The Morgan fingerprint density at radius 1 is 0.681 bits per heavy atom. The van der Waals surface area contributed by atoms with Crippen LogP contribution in [0, 0.1) is 29.6 Å². The zero-order valence-corrected chi connectivity index (χ0v) is 30.3. The summed E-state index contributed by atoms with van der Waals surface area (Å²) in [6, 6.07) is -0.479. The zero-order valence-electron chi connectivity index (χ0n) is 30.3. The van der Waals surface area contributed by atoms with Crippen molar-refractivity contribution in [1.29, 1.82) is 0 Å². The standard InChI is InChI=1S/C37H67N5O5/c1-6-19-41(20-7-2)37(47)31-24-29(23-30(25-31)36(46)40(4)5)34(44)38-32(22-27-15-11-9-12-16-27)33(43)26-42(21-8-3)39-35(45)28-17-13-10-14-18-28/h27-33,43H,6-26H2,1-5H3,(H,38,44)(H,39,45). The van der Waals surface area contributed by atoms with E-state index in [1.165, 1.54) is 12.8 Å². The van der Waals surface area contributed by atoms with Crippen molar-refractivity contribution < 1.29 is 24.3 Å². The Morgan fingerprint density at radius 2 is 1.21 bits per heavy atom. The second-order valence-electron chi connectivity index (χ2n) is 15.0. The van der Waals surface area contributed by atoms with E-state index in [0.29, 0.717) is 51.2 Å². The van der Waals surface area contributed by atoms with Gasteiger partial charge in [0.05, 0.1) is 12.1 Å². The van der Waals surface area contributed by atoms with Crippen LogP contribution < -0.4 is 10.7 Å². The SMILES string of the molecule is CCCN(CC(O)C(CC1CCCCC1)NC(=O)C1CC(C(=O)N(C)C)CC(C(=O)N(CCC)CCC)C1)NC(=O)C1CCCCC1. The number of aliphatic hydroxyl groups excluding tert-OH is 1. The molecule has 47 heavy (non-hydrogen) atoms. The molecule has 0 spiro atoms. The highest BCUT2D eigenvalue weighted by atomic mass is 16.3. The molecule has 3 saturated carbocycles. The fraction of sp³-hybridized carbons (Fsp3) is 0.892. The van der Waals surface area contributed by atoms with E-state index < -0.39 is 24.0 Å². The third kappa shape index (κ3) is 12.3. The number of carbonyl (C=O) groups is 4. The largest absolute Gasteiger partial charge is 0.390 e. The Kier molecular flexibility index (Phi) is 17.0. The first-order valence-electron chi connectivity index (χ1n) is 19.1. The van der Waals surface area contributed by atoms with Gasteiger partial charge in [0.25, 0.3) is 0 Å². The van der Waals surface area contributed by atoms with E-state index in [-0.39, 0.29) is 42.0 Å². The normalized spacial score (nSPS) is 23.9. The molecule has 0 aromatic carbocycles. The Labute approximate surface area is 285 Å². The van der Waals surface area contributed by atoms with Gasteiger partial charge >= 0.3 is 0 Å². The Balaban J connectivity index is 1.78. The second kappa shape index (κ2) is 20.3. The lowest BCUT2D eigenvalue weighted by molar-refractivity contribution is -0.143. The highest BCUT2D eigenvalue weighted by molar-refractivity contribution is 5.86. The number of nitrogens with one attached hydrogen (secondary N) is 2. The molecule has 0 radical (unpaired) electrons. The van der Waals surface area contributed by atoms with Gasteiger partial charge in [-0.2, -0.15) is 0 Å². The lowest BCUT2D eigenvalue weighted by Gasteiger charge is -2.38. The fourth-order valence-electron chi connectivity index (χ4n) is 8.25. The predicted octanol–water partition coefficient (Wildman–Crippen LogP) is 4.90. The van der Waals surface area contributed by atoms with Gasteiger partial charge in [0, 0.05) is 63.9 Å². The molecule has 0 aromatic heterocycles. The number of rotatable bonds is 17. The lowest BCUT2D eigenvalue weighted by atomic mass is 9.73. The van der Waals surface area contributed by atoms with E-state index in [1.54, 1.807) is 19.0 Å². The van der Waals surface area contributed by atoms with Crippen LogP contribution in [0.3, 0.4) is 0 Å².